The van der Waals surface area contributed by atoms with Crippen LogP contribution in [0.25, 0.3) is 22.2 Å². The van der Waals surface area contributed by atoms with Crippen molar-refractivity contribution >= 4 is 28.6 Å². The van der Waals surface area contributed by atoms with E-state index in [1.54, 1.807) is 0 Å². The van der Waals surface area contributed by atoms with Crippen LogP contribution in [-0.2, 0) is 16.1 Å². The van der Waals surface area contributed by atoms with E-state index in [1.165, 1.54) is 0 Å². The maximum Gasteiger partial charge on any atom is 0.414 e. The van der Waals surface area contributed by atoms with Gasteiger partial charge >= 0.3 is 11.9 Å². The second-order valence-corrected chi connectivity index (χ2v) is 7.41. The summed E-state index contributed by atoms with van der Waals surface area (Å²) < 4.78 is 2.25. The number of fused-ring (bicyclic) bond motifs is 1. The number of aliphatic carboxylic acids is 2. The Balaban J connectivity index is 0.000000501. The van der Waals surface area contributed by atoms with Crippen LogP contribution in [0.2, 0.25) is 0 Å². The fraction of sp³-hybridized carbons (Fsp3) is 0.292. The van der Waals surface area contributed by atoms with Gasteiger partial charge in [0.25, 0.3) is 0 Å². The molecule has 0 atom stereocenters. The molecular formula is C24H28N2O5. The molecule has 0 saturated carbocycles. The summed E-state index contributed by atoms with van der Waals surface area (Å²) >= 11 is 0. The highest BCUT2D eigenvalue weighted by molar-refractivity contribution is 6.27. The minimum atomic E-state index is -1.82. The van der Waals surface area contributed by atoms with Crippen LogP contribution in [-0.4, -0.2) is 45.6 Å². The number of benzene rings is 2. The normalized spacial score (nSPS) is 10.6. The summed E-state index contributed by atoms with van der Waals surface area (Å²) in [5.41, 5.74) is 4.07. The lowest BCUT2D eigenvalue weighted by molar-refractivity contribution is -0.159. The van der Waals surface area contributed by atoms with Crippen LogP contribution in [0.5, 0.6) is 0 Å². The highest BCUT2D eigenvalue weighted by Gasteiger charge is 2.22. The van der Waals surface area contributed by atoms with Crippen LogP contribution >= 0.6 is 0 Å². The number of carbonyl (C=O) groups excluding carboxylic acids is 1. The number of nitrogens with one attached hydrogen (secondary N) is 1. The molecule has 3 rings (SSSR count). The van der Waals surface area contributed by atoms with Crippen LogP contribution < -0.4 is 5.32 Å². The van der Waals surface area contributed by atoms with Crippen molar-refractivity contribution in [3.63, 3.8) is 0 Å². The van der Waals surface area contributed by atoms with E-state index in [9.17, 15) is 4.79 Å². The topological polar surface area (TPSA) is 109 Å². The van der Waals surface area contributed by atoms with Crippen molar-refractivity contribution in [1.82, 2.24) is 9.88 Å². The van der Waals surface area contributed by atoms with E-state index in [1.807, 2.05) is 30.3 Å². The van der Waals surface area contributed by atoms with Crippen LogP contribution in [0.4, 0.5) is 0 Å². The van der Waals surface area contributed by atoms with Crippen molar-refractivity contribution in [2.75, 3.05) is 13.1 Å². The maximum atomic E-state index is 13.1. The smallest absolute Gasteiger partial charge is 0.414 e. The highest BCUT2D eigenvalue weighted by atomic mass is 16.4. The quantitative estimate of drug-likeness (QED) is 0.392. The Morgan fingerprint density at radius 1 is 0.935 bits per heavy atom. The molecule has 0 aliphatic heterocycles. The van der Waals surface area contributed by atoms with Gasteiger partial charge < -0.3 is 20.1 Å². The number of aryl methyl sites for hydroxylation is 1. The monoisotopic (exact) mass is 424 g/mol. The minimum Gasteiger partial charge on any atom is -0.473 e. The van der Waals surface area contributed by atoms with Crippen molar-refractivity contribution < 1.29 is 24.6 Å². The zero-order chi connectivity index (χ0) is 23.0. The van der Waals surface area contributed by atoms with E-state index in [2.05, 4.69) is 54.9 Å². The maximum absolute atomic E-state index is 13.1. The largest absolute Gasteiger partial charge is 0.473 e. The molecule has 0 fully saturated rings. The number of nitrogens with zero attached hydrogens (tertiary/aromatic N) is 1. The minimum absolute atomic E-state index is 0.155. The lowest BCUT2D eigenvalue weighted by Crippen LogP contribution is -2.26. The molecule has 0 aliphatic rings. The Labute approximate surface area is 181 Å². The standard InChI is InChI=1S/C22H26N2O.C2H2O4/c1-4-24-19-13-9-8-12-18(19)21(20(25)15-23-14-16(2)3)22(24)17-10-6-5-7-11-17;3-1(4)2(5)6/h5-13,16,23H,4,14-15H2,1-3H3;(H,3,4)(H,5,6). The molecule has 0 unspecified atom stereocenters. The molecule has 0 aliphatic carbocycles. The summed E-state index contributed by atoms with van der Waals surface area (Å²) in [6, 6.07) is 18.4. The lowest BCUT2D eigenvalue weighted by atomic mass is 10.0. The van der Waals surface area contributed by atoms with Gasteiger partial charge in [0.1, 0.15) is 0 Å². The number of para-hydroxylation sites is 1. The SMILES string of the molecule is CCn1c(-c2ccccc2)c(C(=O)CNCC(C)C)c2ccccc21.O=C(O)C(=O)O. The van der Waals surface area contributed by atoms with E-state index in [0.29, 0.717) is 12.5 Å². The van der Waals surface area contributed by atoms with Gasteiger partial charge in [0.15, 0.2) is 5.78 Å². The molecule has 1 aromatic heterocycles. The first kappa shape index (κ1) is 23.8. The first-order chi connectivity index (χ1) is 14.8. The summed E-state index contributed by atoms with van der Waals surface area (Å²) in [5.74, 6) is -2.97. The molecule has 0 radical (unpaired) electrons. The van der Waals surface area contributed by atoms with E-state index in [0.717, 1.165) is 40.8 Å². The molecule has 1 heterocycles. The predicted molar refractivity (Wildman–Crippen MR) is 120 cm³/mol. The predicted octanol–water partition coefficient (Wildman–Crippen LogP) is 3.91. The van der Waals surface area contributed by atoms with Crippen molar-refractivity contribution in [3.8, 4) is 11.3 Å². The third-order valence-corrected chi connectivity index (χ3v) is 4.63. The molecular weight excluding hydrogens is 396 g/mol. The number of hydrogen-bond donors (Lipinski definition) is 3. The number of carboxylic acids is 2. The van der Waals surface area contributed by atoms with Crippen molar-refractivity contribution in [2.24, 2.45) is 5.92 Å². The molecule has 164 valence electrons. The number of aromatic nitrogens is 1. The first-order valence-electron chi connectivity index (χ1n) is 10.1. The Bertz CT molecular complexity index is 1040. The zero-order valence-corrected chi connectivity index (χ0v) is 18.0. The van der Waals surface area contributed by atoms with E-state index >= 15 is 0 Å². The fourth-order valence-corrected chi connectivity index (χ4v) is 3.37. The second kappa shape index (κ2) is 11.1. The summed E-state index contributed by atoms with van der Waals surface area (Å²) in [4.78, 5) is 31.3. The number of hydrogen-bond acceptors (Lipinski definition) is 4. The summed E-state index contributed by atoms with van der Waals surface area (Å²) in [5, 5.41) is 19.1. The van der Waals surface area contributed by atoms with Gasteiger partial charge in [0.05, 0.1) is 17.8 Å². The van der Waals surface area contributed by atoms with Crippen molar-refractivity contribution in [1.29, 1.82) is 0 Å². The van der Waals surface area contributed by atoms with Gasteiger partial charge in [-0.2, -0.15) is 0 Å². The van der Waals surface area contributed by atoms with Gasteiger partial charge in [-0.25, -0.2) is 9.59 Å². The van der Waals surface area contributed by atoms with Gasteiger partial charge in [-0.3, -0.25) is 4.79 Å². The fourth-order valence-electron chi connectivity index (χ4n) is 3.37. The number of rotatable bonds is 7. The molecule has 2 aromatic carbocycles. The zero-order valence-electron chi connectivity index (χ0n) is 18.0. The number of ketones is 1. The Morgan fingerprint density at radius 2 is 1.52 bits per heavy atom. The second-order valence-electron chi connectivity index (χ2n) is 7.41. The van der Waals surface area contributed by atoms with Gasteiger partial charge in [-0.1, -0.05) is 62.4 Å². The van der Waals surface area contributed by atoms with Gasteiger partial charge in [-0.15, -0.1) is 0 Å². The Morgan fingerprint density at radius 3 is 2.06 bits per heavy atom. The molecule has 7 nitrogen and oxygen atoms in total. The van der Waals surface area contributed by atoms with E-state index < -0.39 is 11.9 Å². The molecule has 31 heavy (non-hydrogen) atoms. The molecule has 0 saturated heterocycles. The van der Waals surface area contributed by atoms with Crippen molar-refractivity contribution in [3.05, 3.63) is 60.2 Å². The molecule has 7 heteroatoms. The number of carbonyl (C=O) groups is 3. The first-order valence-corrected chi connectivity index (χ1v) is 10.1. The molecule has 0 spiro atoms. The van der Waals surface area contributed by atoms with E-state index in [-0.39, 0.29) is 5.78 Å². The molecule has 0 amide bonds. The van der Waals surface area contributed by atoms with Gasteiger partial charge in [0.2, 0.25) is 0 Å². The molecule has 0 bridgehead atoms. The average Bonchev–Trinajstić information content (AvgIpc) is 3.09. The van der Waals surface area contributed by atoms with Crippen LogP contribution in [0.1, 0.15) is 31.1 Å². The van der Waals surface area contributed by atoms with Gasteiger partial charge in [-0.05, 0) is 31.0 Å². The molecule has 3 N–H and O–H groups in total. The van der Waals surface area contributed by atoms with Crippen LogP contribution in [0.3, 0.4) is 0 Å². The van der Waals surface area contributed by atoms with Gasteiger partial charge in [0, 0.05) is 17.4 Å². The average molecular weight is 424 g/mol. The third-order valence-electron chi connectivity index (χ3n) is 4.63. The highest BCUT2D eigenvalue weighted by Crippen LogP contribution is 2.34. The van der Waals surface area contributed by atoms with E-state index in [4.69, 9.17) is 19.8 Å². The number of carboxylic acid groups (broad SMARTS) is 2. The molecule has 3 aromatic rings. The number of Topliss-reactive ketones (excluding diaryl/α,β-unsaturated/α-hetero) is 1. The third kappa shape index (κ3) is 6.02. The summed E-state index contributed by atoms with van der Waals surface area (Å²) in [6.07, 6.45) is 0. The van der Waals surface area contributed by atoms with Crippen LogP contribution in [0.15, 0.2) is 54.6 Å². The van der Waals surface area contributed by atoms with Crippen LogP contribution in [0, 0.1) is 5.92 Å². The van der Waals surface area contributed by atoms with Crippen molar-refractivity contribution in [2.45, 2.75) is 27.3 Å². The Hall–Kier alpha value is -3.45. The lowest BCUT2D eigenvalue weighted by Gasteiger charge is -2.11. The summed E-state index contributed by atoms with van der Waals surface area (Å²) in [6.45, 7) is 8.47. The Kier molecular flexibility index (Phi) is 8.52. The summed E-state index contributed by atoms with van der Waals surface area (Å²) in [7, 11) is 0.